The quantitative estimate of drug-likeness (QED) is 0.644. The highest BCUT2D eigenvalue weighted by molar-refractivity contribution is 7.17. The maximum absolute atomic E-state index is 12.8. The van der Waals surface area contributed by atoms with E-state index in [1.54, 1.807) is 0 Å². The molecule has 2 rings (SSSR count). The smallest absolute Gasteiger partial charge is 0.177 e. The lowest BCUT2D eigenvalue weighted by atomic mass is 10.1. The van der Waals surface area contributed by atoms with E-state index >= 15 is 0 Å². The first kappa shape index (κ1) is 8.31. The van der Waals surface area contributed by atoms with E-state index in [1.165, 1.54) is 12.1 Å². The number of aldehydes is 1. The molecule has 0 amide bonds. The number of hydrogen-bond donors (Lipinski definition) is 0. The highest BCUT2D eigenvalue weighted by atomic mass is 32.1. The first-order chi connectivity index (χ1) is 6.20. The second-order valence-electron chi connectivity index (χ2n) is 2.58. The standard InChI is InChI=1S/C9H4F2OS/c10-6-1-5(4-12)7-3-9(11)13-8(7)2-6/h1-4H. The zero-order valence-corrected chi connectivity index (χ0v) is 7.20. The van der Waals surface area contributed by atoms with Crippen molar-refractivity contribution in [2.45, 2.75) is 0 Å². The van der Waals surface area contributed by atoms with Crippen LogP contribution in [0.5, 0.6) is 0 Å². The van der Waals surface area contributed by atoms with Crippen molar-refractivity contribution in [2.75, 3.05) is 0 Å². The van der Waals surface area contributed by atoms with Crippen LogP contribution < -0.4 is 0 Å². The van der Waals surface area contributed by atoms with Gasteiger partial charge in [-0.25, -0.2) is 4.39 Å². The number of fused-ring (bicyclic) bond motifs is 1. The Kier molecular flexibility index (Phi) is 1.84. The molecule has 2 aromatic rings. The van der Waals surface area contributed by atoms with Crippen LogP contribution in [0.2, 0.25) is 0 Å². The van der Waals surface area contributed by atoms with Gasteiger partial charge in [-0.2, -0.15) is 4.39 Å². The first-order valence-corrected chi connectivity index (χ1v) is 4.36. The van der Waals surface area contributed by atoms with Crippen LogP contribution in [0.4, 0.5) is 8.78 Å². The van der Waals surface area contributed by atoms with E-state index in [0.29, 0.717) is 16.4 Å². The van der Waals surface area contributed by atoms with Crippen molar-refractivity contribution in [1.82, 2.24) is 0 Å². The van der Waals surface area contributed by atoms with Gasteiger partial charge in [0.1, 0.15) is 5.82 Å². The summed E-state index contributed by atoms with van der Waals surface area (Å²) in [5, 5.41) is 0.0580. The fourth-order valence-corrected chi connectivity index (χ4v) is 2.04. The van der Waals surface area contributed by atoms with E-state index in [9.17, 15) is 13.6 Å². The number of carbonyl (C=O) groups excluding carboxylic acids is 1. The fourth-order valence-electron chi connectivity index (χ4n) is 1.20. The molecule has 0 N–H and O–H groups in total. The molecule has 0 aliphatic heterocycles. The van der Waals surface area contributed by atoms with Gasteiger partial charge < -0.3 is 0 Å². The summed E-state index contributed by atoms with van der Waals surface area (Å²) in [7, 11) is 0. The lowest BCUT2D eigenvalue weighted by molar-refractivity contribution is 0.112. The molecule has 0 fully saturated rings. The fraction of sp³-hybridized carbons (Fsp3) is 0. The van der Waals surface area contributed by atoms with E-state index in [4.69, 9.17) is 0 Å². The monoisotopic (exact) mass is 198 g/mol. The van der Waals surface area contributed by atoms with Crippen molar-refractivity contribution in [3.8, 4) is 0 Å². The minimum atomic E-state index is -0.517. The molecule has 0 aliphatic rings. The molecule has 0 atom stereocenters. The van der Waals surface area contributed by atoms with Gasteiger partial charge in [0, 0.05) is 15.6 Å². The Balaban J connectivity index is 2.88. The SMILES string of the molecule is O=Cc1cc(F)cc2sc(F)cc12. The summed E-state index contributed by atoms with van der Waals surface area (Å²) in [5.41, 5.74) is 0.190. The molecule has 0 saturated carbocycles. The van der Waals surface area contributed by atoms with Gasteiger partial charge in [0.05, 0.1) is 0 Å². The molecule has 0 radical (unpaired) electrons. The van der Waals surface area contributed by atoms with Crippen molar-refractivity contribution >= 4 is 27.7 Å². The van der Waals surface area contributed by atoms with Gasteiger partial charge in [-0.1, -0.05) is 0 Å². The molecular formula is C9H4F2OS. The van der Waals surface area contributed by atoms with Gasteiger partial charge in [-0.3, -0.25) is 4.79 Å². The molecule has 1 heterocycles. The molecule has 4 heteroatoms. The Hall–Kier alpha value is -1.29. The van der Waals surface area contributed by atoms with Crippen LogP contribution in [0, 0.1) is 10.9 Å². The van der Waals surface area contributed by atoms with Gasteiger partial charge in [-0.05, 0) is 18.2 Å². The molecule has 66 valence electrons. The maximum Gasteiger partial charge on any atom is 0.177 e. The third kappa shape index (κ3) is 1.33. The van der Waals surface area contributed by atoms with Crippen LogP contribution in [-0.4, -0.2) is 6.29 Å². The number of thiophene rings is 1. The third-order valence-electron chi connectivity index (χ3n) is 1.73. The second-order valence-corrected chi connectivity index (χ2v) is 3.61. The van der Waals surface area contributed by atoms with Gasteiger partial charge in [-0.15, -0.1) is 11.3 Å². The summed E-state index contributed by atoms with van der Waals surface area (Å²) < 4.78 is 26.0. The van der Waals surface area contributed by atoms with Gasteiger partial charge >= 0.3 is 0 Å². The summed E-state index contributed by atoms with van der Waals surface area (Å²) in [6, 6.07) is 3.56. The van der Waals surface area contributed by atoms with Crippen LogP contribution in [0.1, 0.15) is 10.4 Å². The van der Waals surface area contributed by atoms with Gasteiger partial charge in [0.25, 0.3) is 0 Å². The van der Waals surface area contributed by atoms with Gasteiger partial charge in [0.15, 0.2) is 11.4 Å². The zero-order chi connectivity index (χ0) is 9.42. The second kappa shape index (κ2) is 2.88. The Morgan fingerprint density at radius 2 is 2.00 bits per heavy atom. The van der Waals surface area contributed by atoms with E-state index in [-0.39, 0.29) is 5.56 Å². The number of hydrogen-bond acceptors (Lipinski definition) is 2. The number of carbonyl (C=O) groups is 1. The number of benzene rings is 1. The highest BCUT2D eigenvalue weighted by Crippen LogP contribution is 2.27. The van der Waals surface area contributed by atoms with Crippen LogP contribution in [0.15, 0.2) is 18.2 Å². The predicted octanol–water partition coefficient (Wildman–Crippen LogP) is 2.99. The lowest BCUT2D eigenvalue weighted by Crippen LogP contribution is -1.82. The molecule has 0 unspecified atom stereocenters. The molecule has 0 saturated heterocycles. The van der Waals surface area contributed by atoms with E-state index in [1.807, 2.05) is 0 Å². The van der Waals surface area contributed by atoms with Crippen LogP contribution in [-0.2, 0) is 0 Å². The average Bonchev–Trinajstić information content (AvgIpc) is 2.43. The van der Waals surface area contributed by atoms with Gasteiger partial charge in [0.2, 0.25) is 0 Å². The normalized spacial score (nSPS) is 10.6. The minimum absolute atomic E-state index is 0.190. The van der Waals surface area contributed by atoms with Crippen molar-refractivity contribution in [3.63, 3.8) is 0 Å². The van der Waals surface area contributed by atoms with Crippen LogP contribution in [0.3, 0.4) is 0 Å². The molecule has 0 bridgehead atoms. The summed E-state index contributed by atoms with van der Waals surface area (Å²) in [6.45, 7) is 0. The summed E-state index contributed by atoms with van der Waals surface area (Å²) >= 11 is 0.830. The topological polar surface area (TPSA) is 17.1 Å². The number of rotatable bonds is 1. The lowest BCUT2D eigenvalue weighted by Gasteiger charge is -1.93. The highest BCUT2D eigenvalue weighted by Gasteiger charge is 2.07. The Morgan fingerprint density at radius 3 is 2.69 bits per heavy atom. The van der Waals surface area contributed by atoms with Crippen molar-refractivity contribution < 1.29 is 13.6 Å². The molecule has 0 spiro atoms. The Labute approximate surface area is 76.6 Å². The number of halogens is 2. The summed E-state index contributed by atoms with van der Waals surface area (Å²) in [6.07, 6.45) is 0.525. The largest absolute Gasteiger partial charge is 0.298 e. The van der Waals surface area contributed by atoms with Crippen LogP contribution in [0.25, 0.3) is 10.1 Å². The Morgan fingerprint density at radius 1 is 1.23 bits per heavy atom. The zero-order valence-electron chi connectivity index (χ0n) is 6.38. The average molecular weight is 198 g/mol. The molecule has 1 aromatic heterocycles. The summed E-state index contributed by atoms with van der Waals surface area (Å²) in [4.78, 5) is 10.5. The molecule has 13 heavy (non-hydrogen) atoms. The van der Waals surface area contributed by atoms with Crippen molar-refractivity contribution in [3.05, 3.63) is 34.7 Å². The summed E-state index contributed by atoms with van der Waals surface area (Å²) in [5.74, 6) is -0.517. The van der Waals surface area contributed by atoms with Crippen LogP contribution >= 0.6 is 11.3 Å². The maximum atomic E-state index is 12.8. The molecular weight excluding hydrogens is 194 g/mol. The van der Waals surface area contributed by atoms with Crippen molar-refractivity contribution in [1.29, 1.82) is 0 Å². The molecule has 1 aromatic carbocycles. The minimum Gasteiger partial charge on any atom is -0.298 e. The van der Waals surface area contributed by atoms with E-state index in [2.05, 4.69) is 0 Å². The molecule has 0 aliphatic carbocycles. The van der Waals surface area contributed by atoms with E-state index < -0.39 is 10.9 Å². The molecule has 1 nitrogen and oxygen atoms in total. The predicted molar refractivity (Wildman–Crippen MR) is 47.1 cm³/mol. The first-order valence-electron chi connectivity index (χ1n) is 3.54. The third-order valence-corrected chi connectivity index (χ3v) is 2.60. The Bertz CT molecular complexity index is 476. The van der Waals surface area contributed by atoms with E-state index in [0.717, 1.165) is 17.4 Å². The van der Waals surface area contributed by atoms with Crippen molar-refractivity contribution in [2.24, 2.45) is 0 Å².